The minimum absolute atomic E-state index is 0.00338. The van der Waals surface area contributed by atoms with Crippen molar-refractivity contribution in [3.8, 4) is 0 Å². The Morgan fingerprint density at radius 2 is 2.00 bits per heavy atom. The molecule has 0 bridgehead atoms. The number of aliphatic hydroxyl groups is 1. The largest absolute Gasteiger partial charge is 0.481 e. The van der Waals surface area contributed by atoms with E-state index in [9.17, 15) is 18.0 Å². The van der Waals surface area contributed by atoms with E-state index >= 15 is 0 Å². The van der Waals surface area contributed by atoms with Gasteiger partial charge in [0.15, 0.2) is 5.92 Å². The molecule has 0 aromatic carbocycles. The molecule has 2 N–H and O–H groups in total. The molecule has 0 heterocycles. The number of hydrogen-bond acceptors (Lipinski definition) is 3. The Bertz CT molecular complexity index is 253. The summed E-state index contributed by atoms with van der Waals surface area (Å²) in [6.45, 7) is -0.755. The summed E-state index contributed by atoms with van der Waals surface area (Å²) in [5.41, 5.74) is 0. The van der Waals surface area contributed by atoms with Crippen LogP contribution in [0.5, 0.6) is 0 Å². The smallest absolute Gasteiger partial charge is 0.403 e. The molecule has 94 valence electrons. The van der Waals surface area contributed by atoms with Crippen LogP contribution in [0.2, 0.25) is 0 Å². The summed E-state index contributed by atoms with van der Waals surface area (Å²) < 4.78 is 37.2. The van der Waals surface area contributed by atoms with Gasteiger partial charge in [0.1, 0.15) is 0 Å². The fraction of sp³-hybridized carbons (Fsp3) is 0.889. The van der Waals surface area contributed by atoms with E-state index in [1.165, 1.54) is 4.90 Å². The first kappa shape index (κ1) is 13.2. The lowest BCUT2D eigenvalue weighted by atomic mass is 10.1. The summed E-state index contributed by atoms with van der Waals surface area (Å²) >= 11 is 0. The van der Waals surface area contributed by atoms with Crippen LogP contribution in [-0.4, -0.2) is 53.0 Å². The maximum Gasteiger partial charge on any atom is 0.403 e. The van der Waals surface area contributed by atoms with Gasteiger partial charge in [0.05, 0.1) is 6.61 Å². The molecule has 1 rings (SSSR count). The van der Waals surface area contributed by atoms with E-state index in [1.807, 2.05) is 0 Å². The highest BCUT2D eigenvalue weighted by Crippen LogP contribution is 2.32. The third kappa shape index (κ3) is 3.64. The maximum absolute atomic E-state index is 12.4. The van der Waals surface area contributed by atoms with Crippen molar-refractivity contribution in [2.45, 2.75) is 25.1 Å². The number of aliphatic hydroxyl groups excluding tert-OH is 1. The van der Waals surface area contributed by atoms with Crippen LogP contribution in [0, 0.1) is 5.92 Å². The van der Waals surface area contributed by atoms with E-state index in [0.29, 0.717) is 0 Å². The lowest BCUT2D eigenvalue weighted by Gasteiger charge is -2.25. The van der Waals surface area contributed by atoms with E-state index in [4.69, 9.17) is 10.2 Å². The second-order valence-corrected chi connectivity index (χ2v) is 3.88. The molecule has 1 aliphatic carbocycles. The summed E-state index contributed by atoms with van der Waals surface area (Å²) in [7, 11) is 0. The zero-order valence-electron chi connectivity index (χ0n) is 8.57. The molecule has 1 atom stereocenters. The summed E-state index contributed by atoms with van der Waals surface area (Å²) in [5.74, 6) is -4.24. The second-order valence-electron chi connectivity index (χ2n) is 3.88. The van der Waals surface area contributed by atoms with E-state index in [2.05, 4.69) is 0 Å². The van der Waals surface area contributed by atoms with Gasteiger partial charge in [-0.2, -0.15) is 13.2 Å². The number of carbonyl (C=O) groups is 1. The molecule has 7 heteroatoms. The molecule has 1 unspecified atom stereocenters. The van der Waals surface area contributed by atoms with Crippen LogP contribution in [0.25, 0.3) is 0 Å². The Hall–Kier alpha value is -0.820. The molecule has 0 saturated heterocycles. The summed E-state index contributed by atoms with van der Waals surface area (Å²) in [6, 6.07) is -0.00338. The van der Waals surface area contributed by atoms with Crippen LogP contribution >= 0.6 is 0 Å². The van der Waals surface area contributed by atoms with Gasteiger partial charge in [0.2, 0.25) is 0 Å². The molecule has 0 aromatic heterocycles. The van der Waals surface area contributed by atoms with Crippen molar-refractivity contribution in [1.29, 1.82) is 0 Å². The van der Waals surface area contributed by atoms with Gasteiger partial charge >= 0.3 is 12.1 Å². The average molecular weight is 241 g/mol. The van der Waals surface area contributed by atoms with Crippen molar-refractivity contribution in [3.63, 3.8) is 0 Å². The van der Waals surface area contributed by atoms with Crippen molar-refractivity contribution in [1.82, 2.24) is 4.90 Å². The molecule has 0 radical (unpaired) electrons. The molecular formula is C9H14F3NO3. The molecule has 1 aliphatic rings. The number of carboxylic acids is 1. The first-order valence-electron chi connectivity index (χ1n) is 5.00. The van der Waals surface area contributed by atoms with E-state index in [-0.39, 0.29) is 19.2 Å². The lowest BCUT2D eigenvalue weighted by Crippen LogP contribution is -2.43. The van der Waals surface area contributed by atoms with Crippen LogP contribution in [0.3, 0.4) is 0 Å². The normalized spacial score (nSPS) is 18.8. The number of alkyl halides is 3. The Labute approximate surface area is 90.7 Å². The van der Waals surface area contributed by atoms with Gasteiger partial charge in [-0.15, -0.1) is 0 Å². The highest BCUT2D eigenvalue weighted by molar-refractivity contribution is 5.71. The zero-order chi connectivity index (χ0) is 12.3. The fourth-order valence-electron chi connectivity index (χ4n) is 1.55. The van der Waals surface area contributed by atoms with Crippen LogP contribution in [0.15, 0.2) is 0 Å². The van der Waals surface area contributed by atoms with E-state index < -0.39 is 24.6 Å². The monoisotopic (exact) mass is 241 g/mol. The fourth-order valence-corrected chi connectivity index (χ4v) is 1.55. The first-order chi connectivity index (χ1) is 7.36. The molecule has 4 nitrogen and oxygen atoms in total. The van der Waals surface area contributed by atoms with Gasteiger partial charge in [0.25, 0.3) is 0 Å². The Morgan fingerprint density at radius 1 is 1.44 bits per heavy atom. The van der Waals surface area contributed by atoms with Gasteiger partial charge in [0, 0.05) is 19.1 Å². The summed E-state index contributed by atoms with van der Waals surface area (Å²) in [4.78, 5) is 11.9. The highest BCUT2D eigenvalue weighted by atomic mass is 19.4. The standard InChI is InChI=1S/C9H14F3NO3/c10-9(11,12)7(8(15)16)5-13(3-4-14)6-1-2-6/h6-7,14H,1-5H2,(H,15,16). The van der Waals surface area contributed by atoms with Crippen LogP contribution in [-0.2, 0) is 4.79 Å². The van der Waals surface area contributed by atoms with Crippen molar-refractivity contribution in [3.05, 3.63) is 0 Å². The van der Waals surface area contributed by atoms with Gasteiger partial charge in [-0.25, -0.2) is 0 Å². The molecule has 1 fully saturated rings. The highest BCUT2D eigenvalue weighted by Gasteiger charge is 2.47. The number of halogens is 3. The lowest BCUT2D eigenvalue weighted by molar-refractivity contribution is -0.196. The predicted molar refractivity (Wildman–Crippen MR) is 48.9 cm³/mol. The van der Waals surface area contributed by atoms with Crippen molar-refractivity contribution < 1.29 is 28.2 Å². The first-order valence-corrected chi connectivity index (χ1v) is 5.00. The molecule has 16 heavy (non-hydrogen) atoms. The SMILES string of the molecule is O=C(O)C(CN(CCO)C1CC1)C(F)(F)F. The van der Waals surface area contributed by atoms with Crippen LogP contribution in [0.1, 0.15) is 12.8 Å². The predicted octanol–water partition coefficient (Wildman–Crippen LogP) is 0.706. The number of carboxylic acid groups (broad SMARTS) is 1. The number of rotatable bonds is 6. The number of aliphatic carboxylic acids is 1. The van der Waals surface area contributed by atoms with Crippen LogP contribution in [0.4, 0.5) is 13.2 Å². The van der Waals surface area contributed by atoms with Crippen molar-refractivity contribution in [2.75, 3.05) is 19.7 Å². The molecule has 0 aromatic rings. The second kappa shape index (κ2) is 5.01. The topological polar surface area (TPSA) is 60.8 Å². The van der Waals surface area contributed by atoms with E-state index in [0.717, 1.165) is 12.8 Å². The van der Waals surface area contributed by atoms with Crippen LogP contribution < -0.4 is 0 Å². The van der Waals surface area contributed by atoms with Gasteiger partial charge < -0.3 is 10.2 Å². The van der Waals surface area contributed by atoms with Gasteiger partial charge in [-0.3, -0.25) is 9.69 Å². The third-order valence-corrected chi connectivity index (χ3v) is 2.56. The minimum Gasteiger partial charge on any atom is -0.481 e. The minimum atomic E-state index is -4.74. The Kier molecular flexibility index (Phi) is 4.15. The summed E-state index contributed by atoms with van der Waals surface area (Å²) in [5, 5.41) is 17.2. The van der Waals surface area contributed by atoms with Gasteiger partial charge in [-0.1, -0.05) is 0 Å². The van der Waals surface area contributed by atoms with Crippen molar-refractivity contribution >= 4 is 5.97 Å². The Balaban J connectivity index is 2.61. The zero-order valence-corrected chi connectivity index (χ0v) is 8.57. The van der Waals surface area contributed by atoms with Crippen molar-refractivity contribution in [2.24, 2.45) is 5.92 Å². The average Bonchev–Trinajstić information content (AvgIpc) is 2.92. The third-order valence-electron chi connectivity index (χ3n) is 2.56. The summed E-state index contributed by atoms with van der Waals surface area (Å²) in [6.07, 6.45) is -3.21. The number of nitrogens with zero attached hydrogens (tertiary/aromatic N) is 1. The molecule has 0 spiro atoms. The maximum atomic E-state index is 12.4. The Morgan fingerprint density at radius 3 is 2.31 bits per heavy atom. The van der Waals surface area contributed by atoms with E-state index in [1.54, 1.807) is 0 Å². The quantitative estimate of drug-likeness (QED) is 0.719. The molecular weight excluding hydrogens is 227 g/mol. The van der Waals surface area contributed by atoms with Gasteiger partial charge in [-0.05, 0) is 12.8 Å². The molecule has 0 amide bonds. The number of hydrogen-bond donors (Lipinski definition) is 2. The molecule has 1 saturated carbocycles. The molecule has 0 aliphatic heterocycles.